The van der Waals surface area contributed by atoms with E-state index in [0.717, 1.165) is 17.1 Å². The molecule has 65 heavy (non-hydrogen) atoms. The highest BCUT2D eigenvalue weighted by Crippen LogP contribution is 2.52. The summed E-state index contributed by atoms with van der Waals surface area (Å²) in [5, 5.41) is 0. The third-order valence-corrected chi connectivity index (χ3v) is 14.5. The van der Waals surface area contributed by atoms with E-state index in [2.05, 4.69) is 260 Å². The summed E-state index contributed by atoms with van der Waals surface area (Å²) in [4.78, 5) is 2.44. The second kappa shape index (κ2) is 15.2. The summed E-state index contributed by atoms with van der Waals surface area (Å²) in [6, 6.07) is 77.3. The van der Waals surface area contributed by atoms with Crippen molar-refractivity contribution in [1.29, 1.82) is 0 Å². The van der Waals surface area contributed by atoms with E-state index >= 15 is 0 Å². The van der Waals surface area contributed by atoms with Crippen LogP contribution in [-0.2, 0) is 16.2 Å². The van der Waals surface area contributed by atoms with Gasteiger partial charge >= 0.3 is 0 Å². The summed E-state index contributed by atoms with van der Waals surface area (Å²) in [6.07, 6.45) is 0. The minimum Gasteiger partial charge on any atom is -0.310 e. The van der Waals surface area contributed by atoms with E-state index in [0.29, 0.717) is 0 Å². The first-order chi connectivity index (χ1) is 31.3. The molecule has 0 atom stereocenters. The molecule has 0 aromatic heterocycles. The highest BCUT2D eigenvalue weighted by atomic mass is 15.1. The van der Waals surface area contributed by atoms with E-state index in [9.17, 15) is 0 Å². The number of hydrogen-bond acceptors (Lipinski definition) is 1. The third-order valence-electron chi connectivity index (χ3n) is 14.5. The van der Waals surface area contributed by atoms with E-state index in [1.165, 1.54) is 94.6 Å². The molecule has 0 aliphatic heterocycles. The summed E-state index contributed by atoms with van der Waals surface area (Å²) in [7, 11) is 0. The van der Waals surface area contributed by atoms with E-state index in [1.54, 1.807) is 0 Å². The summed E-state index contributed by atoms with van der Waals surface area (Å²) in [5.41, 5.74) is 25.1. The van der Waals surface area contributed by atoms with Crippen LogP contribution in [0.5, 0.6) is 0 Å². The van der Waals surface area contributed by atoms with Crippen molar-refractivity contribution < 1.29 is 0 Å². The van der Waals surface area contributed by atoms with Crippen molar-refractivity contribution in [3.05, 3.63) is 234 Å². The normalized spacial score (nSPS) is 14.0. The maximum atomic E-state index is 2.46. The maximum Gasteiger partial charge on any atom is 0.0473 e. The fraction of sp³-hybridized carbons (Fsp3) is 0.156. The Hall–Kier alpha value is -7.22. The van der Waals surface area contributed by atoms with Crippen LogP contribution in [0.4, 0.5) is 17.1 Å². The highest BCUT2D eigenvalue weighted by molar-refractivity contribution is 5.90. The standard InChI is InChI=1S/C64H55N/c1-62(2,3)50-29-21-43(22-30-50)45-25-33-52(34-26-45)65(51-31-23-44(24-32-51)42-15-9-8-10-16-42)53-38-48(46-27-35-56-54-17-11-13-19-58(54)63(4,5)60(56)40-46)37-49(39-53)47-28-36-57-55-18-12-14-20-59(55)64(6,7)61(57)41-47/h8-41H,1-7H3. The number of fused-ring (bicyclic) bond motifs is 6. The van der Waals surface area contributed by atoms with E-state index < -0.39 is 0 Å². The predicted molar refractivity (Wildman–Crippen MR) is 277 cm³/mol. The molecule has 2 aliphatic carbocycles. The van der Waals surface area contributed by atoms with Gasteiger partial charge in [-0.2, -0.15) is 0 Å². The Labute approximate surface area is 385 Å². The minimum atomic E-state index is -0.107. The molecule has 2 aliphatic rings. The molecule has 0 heterocycles. The molecular weight excluding hydrogens is 783 g/mol. The predicted octanol–water partition coefficient (Wildman–Crippen LogP) is 17.7. The zero-order chi connectivity index (χ0) is 44.7. The van der Waals surface area contributed by atoms with Gasteiger partial charge in [-0.15, -0.1) is 0 Å². The Morgan fingerprint density at radius 1 is 0.292 bits per heavy atom. The third kappa shape index (κ3) is 6.93. The number of nitrogens with zero attached hydrogens (tertiary/aromatic N) is 1. The van der Waals surface area contributed by atoms with Gasteiger partial charge in [-0.3, -0.25) is 0 Å². The molecule has 1 heteroatoms. The number of hydrogen-bond donors (Lipinski definition) is 0. The highest BCUT2D eigenvalue weighted by Gasteiger charge is 2.37. The average Bonchev–Trinajstić information content (AvgIpc) is 3.71. The Kier molecular flexibility index (Phi) is 9.49. The SMILES string of the molecule is CC(C)(C)c1ccc(-c2ccc(N(c3ccc(-c4ccccc4)cc3)c3cc(-c4ccc5c(c4)C(C)(C)c4ccccc4-5)cc(-c4ccc5c(c4)C(C)(C)c4ccccc4-5)c3)cc2)cc1. The smallest absolute Gasteiger partial charge is 0.0473 e. The molecule has 0 bridgehead atoms. The first kappa shape index (κ1) is 40.5. The summed E-state index contributed by atoms with van der Waals surface area (Å²) < 4.78 is 0. The fourth-order valence-corrected chi connectivity index (χ4v) is 10.7. The van der Waals surface area contributed by atoms with E-state index in [4.69, 9.17) is 0 Å². The first-order valence-electron chi connectivity index (χ1n) is 23.2. The lowest BCUT2D eigenvalue weighted by molar-refractivity contribution is 0.590. The van der Waals surface area contributed by atoms with Crippen molar-refractivity contribution in [3.8, 4) is 66.8 Å². The zero-order valence-corrected chi connectivity index (χ0v) is 38.6. The van der Waals surface area contributed by atoms with Gasteiger partial charge in [-0.05, 0) is 155 Å². The van der Waals surface area contributed by atoms with Crippen LogP contribution in [0.25, 0.3) is 66.8 Å². The van der Waals surface area contributed by atoms with Gasteiger partial charge in [0.05, 0.1) is 0 Å². The van der Waals surface area contributed by atoms with E-state index in [1.807, 2.05) is 0 Å². The van der Waals surface area contributed by atoms with Crippen LogP contribution in [0, 0.1) is 0 Å². The van der Waals surface area contributed by atoms with Crippen LogP contribution >= 0.6 is 0 Å². The number of benzene rings is 9. The fourth-order valence-electron chi connectivity index (χ4n) is 10.7. The molecule has 0 fully saturated rings. The molecule has 9 aromatic carbocycles. The molecule has 11 rings (SSSR count). The van der Waals surface area contributed by atoms with Gasteiger partial charge in [-0.1, -0.05) is 200 Å². The molecule has 0 amide bonds. The van der Waals surface area contributed by atoms with E-state index in [-0.39, 0.29) is 16.2 Å². The molecule has 9 aromatic rings. The van der Waals surface area contributed by atoms with Crippen molar-refractivity contribution in [1.82, 2.24) is 0 Å². The van der Waals surface area contributed by atoms with Crippen LogP contribution in [0.1, 0.15) is 76.3 Å². The van der Waals surface area contributed by atoms with Crippen LogP contribution in [0.15, 0.2) is 206 Å². The number of anilines is 3. The monoisotopic (exact) mass is 837 g/mol. The minimum absolute atomic E-state index is 0.105. The summed E-state index contributed by atoms with van der Waals surface area (Å²) in [5.74, 6) is 0. The molecule has 0 saturated heterocycles. The van der Waals surface area contributed by atoms with Gasteiger partial charge in [0.2, 0.25) is 0 Å². The van der Waals surface area contributed by atoms with Gasteiger partial charge in [0.25, 0.3) is 0 Å². The van der Waals surface area contributed by atoms with Gasteiger partial charge in [0.15, 0.2) is 0 Å². The van der Waals surface area contributed by atoms with Gasteiger partial charge < -0.3 is 4.90 Å². The molecule has 0 unspecified atom stereocenters. The van der Waals surface area contributed by atoms with Gasteiger partial charge in [0, 0.05) is 27.9 Å². The molecule has 316 valence electrons. The molecule has 0 spiro atoms. The summed E-state index contributed by atoms with van der Waals surface area (Å²) >= 11 is 0. The molecular formula is C64H55N. The largest absolute Gasteiger partial charge is 0.310 e. The molecule has 0 radical (unpaired) electrons. The van der Waals surface area contributed by atoms with Gasteiger partial charge in [0.1, 0.15) is 0 Å². The maximum absolute atomic E-state index is 2.46. The van der Waals surface area contributed by atoms with Crippen molar-refractivity contribution in [2.75, 3.05) is 4.90 Å². The van der Waals surface area contributed by atoms with Crippen molar-refractivity contribution in [2.24, 2.45) is 0 Å². The van der Waals surface area contributed by atoms with Crippen LogP contribution in [0.3, 0.4) is 0 Å². The first-order valence-corrected chi connectivity index (χ1v) is 23.2. The lowest BCUT2D eigenvalue weighted by atomic mass is 9.81. The lowest BCUT2D eigenvalue weighted by Crippen LogP contribution is -2.15. The lowest BCUT2D eigenvalue weighted by Gasteiger charge is -2.28. The summed E-state index contributed by atoms with van der Waals surface area (Å²) in [6.45, 7) is 16.3. The van der Waals surface area contributed by atoms with Crippen LogP contribution < -0.4 is 4.90 Å². The Bertz CT molecular complexity index is 3120. The zero-order valence-electron chi connectivity index (χ0n) is 38.6. The Balaban J connectivity index is 1.09. The second-order valence-corrected chi connectivity index (χ2v) is 20.3. The second-order valence-electron chi connectivity index (χ2n) is 20.3. The topological polar surface area (TPSA) is 3.24 Å². The molecule has 0 saturated carbocycles. The molecule has 0 N–H and O–H groups in total. The van der Waals surface area contributed by atoms with Crippen molar-refractivity contribution >= 4 is 17.1 Å². The Morgan fingerprint density at radius 3 is 1.11 bits per heavy atom. The van der Waals surface area contributed by atoms with Crippen LogP contribution in [-0.4, -0.2) is 0 Å². The van der Waals surface area contributed by atoms with Crippen molar-refractivity contribution in [3.63, 3.8) is 0 Å². The quantitative estimate of drug-likeness (QED) is 0.155. The number of rotatable bonds is 7. The average molecular weight is 838 g/mol. The van der Waals surface area contributed by atoms with Crippen LogP contribution in [0.2, 0.25) is 0 Å². The molecule has 1 nitrogen and oxygen atoms in total. The van der Waals surface area contributed by atoms with Gasteiger partial charge in [-0.25, -0.2) is 0 Å². The van der Waals surface area contributed by atoms with Crippen molar-refractivity contribution in [2.45, 2.75) is 64.7 Å². The Morgan fingerprint density at radius 2 is 0.662 bits per heavy atom.